The van der Waals surface area contributed by atoms with Gasteiger partial charge in [-0.1, -0.05) is 30.7 Å². The fourth-order valence-electron chi connectivity index (χ4n) is 3.52. The number of hydrogen-bond acceptors (Lipinski definition) is 1. The van der Waals surface area contributed by atoms with E-state index in [1.54, 1.807) is 0 Å². The van der Waals surface area contributed by atoms with Crippen molar-refractivity contribution in [1.82, 2.24) is 5.32 Å². The van der Waals surface area contributed by atoms with Crippen LogP contribution in [0.1, 0.15) is 56.9 Å². The van der Waals surface area contributed by atoms with Gasteiger partial charge in [0, 0.05) is 17.1 Å². The first-order chi connectivity index (χ1) is 9.20. The Balaban J connectivity index is 1.44. The van der Waals surface area contributed by atoms with Crippen LogP contribution in [0.5, 0.6) is 0 Å². The monoisotopic (exact) mass is 277 g/mol. The summed E-state index contributed by atoms with van der Waals surface area (Å²) in [5.41, 5.74) is 1.46. The van der Waals surface area contributed by atoms with Gasteiger partial charge in [-0.3, -0.25) is 0 Å². The number of halogens is 1. The maximum Gasteiger partial charge on any atom is 0.0406 e. The zero-order chi connectivity index (χ0) is 13.2. The van der Waals surface area contributed by atoms with Crippen LogP contribution in [0.25, 0.3) is 0 Å². The Morgan fingerprint density at radius 2 is 1.58 bits per heavy atom. The molecule has 1 nitrogen and oxygen atoms in total. The van der Waals surface area contributed by atoms with Gasteiger partial charge >= 0.3 is 0 Å². The highest BCUT2D eigenvalue weighted by molar-refractivity contribution is 6.30. The van der Waals surface area contributed by atoms with Crippen LogP contribution < -0.4 is 5.32 Å². The summed E-state index contributed by atoms with van der Waals surface area (Å²) < 4.78 is 0. The predicted molar refractivity (Wildman–Crippen MR) is 81.8 cm³/mol. The third kappa shape index (κ3) is 3.32. The smallest absolute Gasteiger partial charge is 0.0406 e. The average Bonchev–Trinajstić information content (AvgIpc) is 2.37. The van der Waals surface area contributed by atoms with E-state index in [1.807, 2.05) is 12.1 Å². The first kappa shape index (κ1) is 13.5. The summed E-state index contributed by atoms with van der Waals surface area (Å²) in [6.07, 6.45) is 8.17. The molecule has 2 fully saturated rings. The van der Waals surface area contributed by atoms with Crippen molar-refractivity contribution < 1.29 is 0 Å². The molecule has 1 aromatic rings. The van der Waals surface area contributed by atoms with E-state index in [2.05, 4.69) is 24.4 Å². The molecule has 0 aromatic heterocycles. The van der Waals surface area contributed by atoms with Crippen LogP contribution in [-0.4, -0.2) is 12.1 Å². The molecule has 0 unspecified atom stereocenters. The second-order valence-corrected chi connectivity index (χ2v) is 6.98. The van der Waals surface area contributed by atoms with Crippen LogP contribution in [0.3, 0.4) is 0 Å². The van der Waals surface area contributed by atoms with Gasteiger partial charge in [-0.2, -0.15) is 0 Å². The van der Waals surface area contributed by atoms with E-state index in [0.717, 1.165) is 28.9 Å². The first-order valence-corrected chi connectivity index (χ1v) is 8.10. The number of benzene rings is 1. The lowest BCUT2D eigenvalue weighted by atomic mass is 9.75. The third-order valence-electron chi connectivity index (χ3n) is 4.97. The van der Waals surface area contributed by atoms with Crippen LogP contribution >= 0.6 is 11.6 Å². The molecule has 0 atom stereocenters. The maximum atomic E-state index is 5.93. The van der Waals surface area contributed by atoms with Crippen molar-refractivity contribution in [3.8, 4) is 0 Å². The molecule has 1 aromatic carbocycles. The Morgan fingerprint density at radius 3 is 2.21 bits per heavy atom. The van der Waals surface area contributed by atoms with Crippen molar-refractivity contribution >= 4 is 11.6 Å². The van der Waals surface area contributed by atoms with Crippen molar-refractivity contribution in [3.63, 3.8) is 0 Å². The molecule has 2 saturated carbocycles. The van der Waals surface area contributed by atoms with Crippen LogP contribution in [-0.2, 0) is 0 Å². The predicted octanol–water partition coefficient (Wildman–Crippen LogP) is 4.75. The van der Waals surface area contributed by atoms with E-state index >= 15 is 0 Å². The summed E-state index contributed by atoms with van der Waals surface area (Å²) in [6.45, 7) is 2.39. The minimum Gasteiger partial charge on any atom is -0.311 e. The SMILES string of the molecule is CC1CCC(NC2CC(c3ccc(Cl)cc3)C2)CC1. The number of rotatable bonds is 3. The Morgan fingerprint density at radius 1 is 0.947 bits per heavy atom. The summed E-state index contributed by atoms with van der Waals surface area (Å²) in [6, 6.07) is 9.93. The summed E-state index contributed by atoms with van der Waals surface area (Å²) in [7, 11) is 0. The van der Waals surface area contributed by atoms with Crippen molar-refractivity contribution in [2.75, 3.05) is 0 Å². The first-order valence-electron chi connectivity index (χ1n) is 7.72. The molecule has 0 radical (unpaired) electrons. The minimum absolute atomic E-state index is 0.747. The molecule has 2 aliphatic rings. The van der Waals surface area contributed by atoms with E-state index in [9.17, 15) is 0 Å². The molecule has 1 N–H and O–H groups in total. The zero-order valence-electron chi connectivity index (χ0n) is 11.7. The van der Waals surface area contributed by atoms with Crippen LogP contribution in [0, 0.1) is 5.92 Å². The molecule has 2 aliphatic carbocycles. The van der Waals surface area contributed by atoms with Gasteiger partial charge in [0.15, 0.2) is 0 Å². The minimum atomic E-state index is 0.747. The quantitative estimate of drug-likeness (QED) is 0.840. The third-order valence-corrected chi connectivity index (χ3v) is 5.22. The Labute approximate surface area is 121 Å². The molecule has 0 spiro atoms. The Bertz CT molecular complexity index is 400. The van der Waals surface area contributed by atoms with E-state index < -0.39 is 0 Å². The molecule has 0 saturated heterocycles. The van der Waals surface area contributed by atoms with Gasteiger partial charge < -0.3 is 5.32 Å². The van der Waals surface area contributed by atoms with Crippen LogP contribution in [0.15, 0.2) is 24.3 Å². The van der Waals surface area contributed by atoms with Gasteiger partial charge in [0.25, 0.3) is 0 Å². The summed E-state index contributed by atoms with van der Waals surface area (Å²) in [5, 5.41) is 4.70. The highest BCUT2D eigenvalue weighted by Crippen LogP contribution is 2.38. The second kappa shape index (κ2) is 5.85. The summed E-state index contributed by atoms with van der Waals surface area (Å²) in [4.78, 5) is 0. The van der Waals surface area contributed by atoms with Crippen LogP contribution in [0.4, 0.5) is 0 Å². The molecule has 0 amide bonds. The molecule has 3 rings (SSSR count). The van der Waals surface area contributed by atoms with Gasteiger partial charge in [0.05, 0.1) is 0 Å². The lowest BCUT2D eigenvalue weighted by molar-refractivity contribution is 0.221. The van der Waals surface area contributed by atoms with Gasteiger partial charge in [-0.15, -0.1) is 0 Å². The van der Waals surface area contributed by atoms with E-state index in [-0.39, 0.29) is 0 Å². The summed E-state index contributed by atoms with van der Waals surface area (Å²) >= 11 is 5.93. The molecule has 0 aliphatic heterocycles. The normalized spacial score (nSPS) is 34.8. The zero-order valence-corrected chi connectivity index (χ0v) is 12.5. The van der Waals surface area contributed by atoms with E-state index in [4.69, 9.17) is 11.6 Å². The number of nitrogens with one attached hydrogen (secondary N) is 1. The van der Waals surface area contributed by atoms with Gasteiger partial charge in [0.1, 0.15) is 0 Å². The topological polar surface area (TPSA) is 12.0 Å². The molecule has 104 valence electrons. The van der Waals surface area contributed by atoms with Crippen molar-refractivity contribution in [3.05, 3.63) is 34.9 Å². The highest BCUT2D eigenvalue weighted by Gasteiger charge is 2.32. The second-order valence-electron chi connectivity index (χ2n) is 6.54. The maximum absolute atomic E-state index is 5.93. The van der Waals surface area contributed by atoms with Crippen molar-refractivity contribution in [2.24, 2.45) is 5.92 Å². The molecule has 19 heavy (non-hydrogen) atoms. The Kier molecular flexibility index (Phi) is 4.14. The number of hydrogen-bond donors (Lipinski definition) is 1. The van der Waals surface area contributed by atoms with Gasteiger partial charge in [0.2, 0.25) is 0 Å². The lowest BCUT2D eigenvalue weighted by Crippen LogP contribution is -2.46. The molecular weight excluding hydrogens is 254 g/mol. The highest BCUT2D eigenvalue weighted by atomic mass is 35.5. The summed E-state index contributed by atoms with van der Waals surface area (Å²) in [5.74, 6) is 1.69. The fourth-order valence-corrected chi connectivity index (χ4v) is 3.65. The molecular formula is C17H24ClN. The average molecular weight is 278 g/mol. The lowest BCUT2D eigenvalue weighted by Gasteiger charge is -2.40. The van der Waals surface area contributed by atoms with Crippen LogP contribution in [0.2, 0.25) is 5.02 Å². The van der Waals surface area contributed by atoms with Gasteiger partial charge in [-0.05, 0) is 68.1 Å². The largest absolute Gasteiger partial charge is 0.311 e. The Hall–Kier alpha value is -0.530. The van der Waals surface area contributed by atoms with E-state index in [1.165, 1.54) is 44.1 Å². The standard InChI is InChI=1S/C17H24ClN/c1-12-2-8-16(9-3-12)19-17-10-14(11-17)13-4-6-15(18)7-5-13/h4-7,12,14,16-17,19H,2-3,8-11H2,1H3. The van der Waals surface area contributed by atoms with Crippen molar-refractivity contribution in [2.45, 2.75) is 63.5 Å². The fraction of sp³-hybridized carbons (Fsp3) is 0.647. The molecule has 0 bridgehead atoms. The van der Waals surface area contributed by atoms with Crippen molar-refractivity contribution in [1.29, 1.82) is 0 Å². The van der Waals surface area contributed by atoms with E-state index in [0.29, 0.717) is 0 Å². The van der Waals surface area contributed by atoms with Gasteiger partial charge in [-0.25, -0.2) is 0 Å². The molecule has 0 heterocycles. The molecule has 2 heteroatoms.